The van der Waals surface area contributed by atoms with Crippen molar-refractivity contribution in [3.05, 3.63) is 41.2 Å². The molecule has 3 amide bonds. The Labute approximate surface area is 179 Å². The molecule has 9 heteroatoms. The molecule has 0 unspecified atom stereocenters. The molecule has 0 bridgehead atoms. The molecule has 8 nitrogen and oxygen atoms in total. The maximum atomic E-state index is 12.2. The van der Waals surface area contributed by atoms with Crippen LogP contribution >= 0.6 is 11.6 Å². The van der Waals surface area contributed by atoms with Crippen molar-refractivity contribution in [2.24, 2.45) is 11.8 Å². The number of hydrogen-bond donors (Lipinski definition) is 2. The van der Waals surface area contributed by atoms with Crippen LogP contribution in [0.5, 0.6) is 11.8 Å². The SMILES string of the molecule is Cc1cc(NC(=O)NC(=O)C2CC(OCC3CC3)C2)ccc1Oc1ncc(Cl)cn1. The average Bonchev–Trinajstić information content (AvgIpc) is 3.48. The fraction of sp³-hybridized carbons (Fsp3) is 0.429. The quantitative estimate of drug-likeness (QED) is 0.686. The van der Waals surface area contributed by atoms with Crippen molar-refractivity contribution >= 4 is 29.2 Å². The molecule has 4 rings (SSSR count). The molecular weight excluding hydrogens is 408 g/mol. The van der Waals surface area contributed by atoms with E-state index >= 15 is 0 Å². The van der Waals surface area contributed by atoms with E-state index in [1.54, 1.807) is 18.2 Å². The minimum atomic E-state index is -0.559. The summed E-state index contributed by atoms with van der Waals surface area (Å²) in [6.07, 6.45) is 6.87. The van der Waals surface area contributed by atoms with Gasteiger partial charge in [0.1, 0.15) is 5.75 Å². The maximum Gasteiger partial charge on any atom is 0.325 e. The Morgan fingerprint density at radius 3 is 2.60 bits per heavy atom. The second-order valence-corrected chi connectivity index (χ2v) is 8.21. The first-order valence-corrected chi connectivity index (χ1v) is 10.3. The summed E-state index contributed by atoms with van der Waals surface area (Å²) >= 11 is 5.76. The summed E-state index contributed by atoms with van der Waals surface area (Å²) in [7, 11) is 0. The molecule has 2 aliphatic rings. The number of imide groups is 1. The summed E-state index contributed by atoms with van der Waals surface area (Å²) in [5, 5.41) is 5.49. The van der Waals surface area contributed by atoms with Crippen LogP contribution < -0.4 is 15.4 Å². The molecule has 0 aliphatic heterocycles. The van der Waals surface area contributed by atoms with Gasteiger partial charge in [-0.05, 0) is 62.3 Å². The second kappa shape index (κ2) is 8.97. The van der Waals surface area contributed by atoms with Crippen LogP contribution in [-0.4, -0.2) is 34.6 Å². The van der Waals surface area contributed by atoms with Gasteiger partial charge in [-0.2, -0.15) is 0 Å². The first-order valence-electron chi connectivity index (χ1n) is 9.96. The molecule has 158 valence electrons. The first kappa shape index (κ1) is 20.6. The number of carbonyl (C=O) groups excluding carboxylic acids is 2. The van der Waals surface area contributed by atoms with Gasteiger partial charge in [-0.15, -0.1) is 0 Å². The summed E-state index contributed by atoms with van der Waals surface area (Å²) in [5.74, 6) is 0.820. The zero-order valence-electron chi connectivity index (χ0n) is 16.6. The maximum absolute atomic E-state index is 12.2. The fourth-order valence-corrected chi connectivity index (χ4v) is 3.24. The monoisotopic (exact) mass is 430 g/mol. The van der Waals surface area contributed by atoms with Gasteiger partial charge in [-0.3, -0.25) is 10.1 Å². The van der Waals surface area contributed by atoms with E-state index in [-0.39, 0.29) is 23.9 Å². The fourth-order valence-electron chi connectivity index (χ4n) is 3.14. The Balaban J connectivity index is 1.23. The van der Waals surface area contributed by atoms with Crippen LogP contribution in [0.25, 0.3) is 0 Å². The molecule has 2 fully saturated rings. The lowest BCUT2D eigenvalue weighted by atomic mass is 9.81. The predicted molar refractivity (Wildman–Crippen MR) is 111 cm³/mol. The van der Waals surface area contributed by atoms with Gasteiger partial charge in [-0.1, -0.05) is 11.6 Å². The highest BCUT2D eigenvalue weighted by Gasteiger charge is 2.37. The third kappa shape index (κ3) is 5.46. The lowest BCUT2D eigenvalue weighted by Gasteiger charge is -2.33. The standard InChI is InChI=1S/C21H23ClN4O4/c1-12-6-16(4-5-18(12)30-21-23-9-15(22)10-24-21)25-20(28)26-19(27)14-7-17(8-14)29-11-13-2-3-13/h4-6,9-10,13-14,17H,2-3,7-8,11H2,1H3,(H2,25,26,27,28). The smallest absolute Gasteiger partial charge is 0.325 e. The first-order chi connectivity index (χ1) is 14.5. The second-order valence-electron chi connectivity index (χ2n) is 7.78. The molecular formula is C21H23ClN4O4. The number of nitrogens with one attached hydrogen (secondary N) is 2. The van der Waals surface area contributed by atoms with E-state index < -0.39 is 6.03 Å². The Hall–Kier alpha value is -2.71. The molecule has 1 aromatic heterocycles. The van der Waals surface area contributed by atoms with E-state index in [9.17, 15) is 9.59 Å². The van der Waals surface area contributed by atoms with E-state index in [2.05, 4.69) is 20.6 Å². The van der Waals surface area contributed by atoms with Gasteiger partial charge < -0.3 is 14.8 Å². The van der Waals surface area contributed by atoms with Crippen molar-refractivity contribution in [1.29, 1.82) is 0 Å². The van der Waals surface area contributed by atoms with Crippen LogP contribution in [0.2, 0.25) is 5.02 Å². The van der Waals surface area contributed by atoms with E-state index in [0.717, 1.165) is 12.2 Å². The molecule has 1 aromatic carbocycles. The minimum Gasteiger partial charge on any atom is -0.424 e. The number of amides is 3. The number of hydrogen-bond acceptors (Lipinski definition) is 6. The van der Waals surface area contributed by atoms with Gasteiger partial charge in [0.05, 0.1) is 23.5 Å². The molecule has 0 spiro atoms. The van der Waals surface area contributed by atoms with Gasteiger partial charge in [0.25, 0.3) is 0 Å². The lowest BCUT2D eigenvalue weighted by Crippen LogP contribution is -2.45. The Bertz CT molecular complexity index is 927. The predicted octanol–water partition coefficient (Wildman–Crippen LogP) is 4.08. The molecule has 2 aromatic rings. The van der Waals surface area contributed by atoms with Gasteiger partial charge in [-0.25, -0.2) is 14.8 Å². The van der Waals surface area contributed by atoms with Crippen LogP contribution in [0, 0.1) is 18.8 Å². The highest BCUT2D eigenvalue weighted by molar-refractivity contribution is 6.30. The number of carbonyl (C=O) groups is 2. The zero-order valence-corrected chi connectivity index (χ0v) is 17.3. The van der Waals surface area contributed by atoms with Crippen molar-refractivity contribution in [1.82, 2.24) is 15.3 Å². The third-order valence-electron chi connectivity index (χ3n) is 5.20. The largest absolute Gasteiger partial charge is 0.424 e. The number of nitrogens with zero attached hydrogens (tertiary/aromatic N) is 2. The number of rotatable bonds is 7. The molecule has 30 heavy (non-hydrogen) atoms. The summed E-state index contributed by atoms with van der Waals surface area (Å²) < 4.78 is 11.4. The Morgan fingerprint density at radius 1 is 1.20 bits per heavy atom. The van der Waals surface area contributed by atoms with Crippen molar-refractivity contribution in [2.45, 2.75) is 38.7 Å². The van der Waals surface area contributed by atoms with Crippen molar-refractivity contribution in [3.8, 4) is 11.8 Å². The number of halogens is 1. The third-order valence-corrected chi connectivity index (χ3v) is 5.39. The number of aryl methyl sites for hydroxylation is 1. The number of urea groups is 1. The van der Waals surface area contributed by atoms with Crippen LogP contribution in [-0.2, 0) is 9.53 Å². The van der Waals surface area contributed by atoms with E-state index in [1.165, 1.54) is 25.2 Å². The number of aromatic nitrogens is 2. The van der Waals surface area contributed by atoms with Gasteiger partial charge in [0.15, 0.2) is 0 Å². The van der Waals surface area contributed by atoms with Gasteiger partial charge in [0, 0.05) is 18.2 Å². The summed E-state index contributed by atoms with van der Waals surface area (Å²) in [5.41, 5.74) is 1.31. The zero-order chi connectivity index (χ0) is 21.1. The molecule has 1 heterocycles. The highest BCUT2D eigenvalue weighted by Crippen LogP contribution is 2.34. The lowest BCUT2D eigenvalue weighted by molar-refractivity contribution is -0.132. The minimum absolute atomic E-state index is 0.143. The van der Waals surface area contributed by atoms with Crippen LogP contribution in [0.3, 0.4) is 0 Å². The van der Waals surface area contributed by atoms with Crippen molar-refractivity contribution in [2.75, 3.05) is 11.9 Å². The summed E-state index contributed by atoms with van der Waals surface area (Å²) in [4.78, 5) is 32.3. The number of ether oxygens (including phenoxy) is 2. The molecule has 0 atom stereocenters. The highest BCUT2D eigenvalue weighted by atomic mass is 35.5. The van der Waals surface area contributed by atoms with Gasteiger partial charge in [0.2, 0.25) is 5.91 Å². The topological polar surface area (TPSA) is 102 Å². The molecule has 0 saturated heterocycles. The summed E-state index contributed by atoms with van der Waals surface area (Å²) in [6.45, 7) is 2.62. The molecule has 2 N–H and O–H groups in total. The molecule has 2 aliphatic carbocycles. The Kier molecular flexibility index (Phi) is 6.15. The van der Waals surface area contributed by atoms with E-state index in [4.69, 9.17) is 21.1 Å². The van der Waals surface area contributed by atoms with E-state index in [0.29, 0.717) is 35.2 Å². The molecule has 0 radical (unpaired) electrons. The van der Waals surface area contributed by atoms with Gasteiger partial charge >= 0.3 is 12.0 Å². The normalized spacial score (nSPS) is 20.2. The number of benzene rings is 1. The average molecular weight is 431 g/mol. The van der Waals surface area contributed by atoms with Crippen molar-refractivity contribution in [3.63, 3.8) is 0 Å². The van der Waals surface area contributed by atoms with Crippen LogP contribution in [0.15, 0.2) is 30.6 Å². The Morgan fingerprint density at radius 2 is 1.93 bits per heavy atom. The van der Waals surface area contributed by atoms with Crippen LogP contribution in [0.4, 0.5) is 10.5 Å². The van der Waals surface area contributed by atoms with E-state index in [1.807, 2.05) is 6.92 Å². The van der Waals surface area contributed by atoms with Crippen molar-refractivity contribution < 1.29 is 19.1 Å². The van der Waals surface area contributed by atoms with Crippen LogP contribution in [0.1, 0.15) is 31.2 Å². The summed E-state index contributed by atoms with van der Waals surface area (Å²) in [6, 6.07) is 4.72. The number of anilines is 1. The molecule has 2 saturated carbocycles.